The van der Waals surface area contributed by atoms with Gasteiger partial charge in [-0.25, -0.2) is 13.9 Å². The minimum absolute atomic E-state index is 0.183. The van der Waals surface area contributed by atoms with Crippen LogP contribution in [0, 0.1) is 5.82 Å². The van der Waals surface area contributed by atoms with Gasteiger partial charge >= 0.3 is 6.03 Å². The number of aromatic nitrogens is 2. The molecule has 4 aromatic rings. The van der Waals surface area contributed by atoms with Crippen LogP contribution in [0.15, 0.2) is 84.9 Å². The molecule has 0 atom stereocenters. The number of ether oxygens (including phenoxy) is 1. The molecule has 190 valence electrons. The molecule has 0 spiro atoms. The molecule has 8 nitrogen and oxygen atoms in total. The van der Waals surface area contributed by atoms with E-state index in [1.54, 1.807) is 42.5 Å². The zero-order valence-electron chi connectivity index (χ0n) is 20.0. The fraction of sp³-hybridized carbons (Fsp3) is 0.148. The van der Waals surface area contributed by atoms with Gasteiger partial charge in [0.2, 0.25) is 5.91 Å². The molecule has 1 aromatic heterocycles. The molecule has 0 aliphatic heterocycles. The third-order valence-electron chi connectivity index (χ3n) is 5.38. The second-order valence-electron chi connectivity index (χ2n) is 8.07. The van der Waals surface area contributed by atoms with Crippen LogP contribution >= 0.6 is 11.6 Å². The van der Waals surface area contributed by atoms with Crippen molar-refractivity contribution in [2.24, 2.45) is 0 Å². The largest absolute Gasteiger partial charge is 0.383 e. The molecule has 1 heterocycles. The van der Waals surface area contributed by atoms with E-state index in [1.807, 2.05) is 30.3 Å². The smallest absolute Gasteiger partial charge is 0.322 e. The van der Waals surface area contributed by atoms with Crippen molar-refractivity contribution in [2.75, 3.05) is 37.4 Å². The normalized spacial score (nSPS) is 10.7. The van der Waals surface area contributed by atoms with Crippen LogP contribution in [0.25, 0.3) is 16.9 Å². The van der Waals surface area contributed by atoms with E-state index in [4.69, 9.17) is 16.3 Å². The van der Waals surface area contributed by atoms with E-state index in [1.165, 1.54) is 28.8 Å². The Hall–Kier alpha value is -4.21. The highest BCUT2D eigenvalue weighted by molar-refractivity contribution is 6.30. The summed E-state index contributed by atoms with van der Waals surface area (Å²) in [5, 5.41) is 10.7. The number of carbonyl (C=O) groups excluding carboxylic acids is 2. The number of anilines is 2. The van der Waals surface area contributed by atoms with Gasteiger partial charge in [-0.2, -0.15) is 5.10 Å². The summed E-state index contributed by atoms with van der Waals surface area (Å²) in [4.78, 5) is 27.3. The van der Waals surface area contributed by atoms with Gasteiger partial charge in [0.05, 0.1) is 18.0 Å². The van der Waals surface area contributed by atoms with E-state index in [0.717, 1.165) is 5.56 Å². The minimum Gasteiger partial charge on any atom is -0.383 e. The number of halogens is 2. The number of hydrogen-bond donors (Lipinski definition) is 2. The Morgan fingerprint density at radius 1 is 1.00 bits per heavy atom. The molecule has 0 aliphatic rings. The van der Waals surface area contributed by atoms with Crippen molar-refractivity contribution in [3.63, 3.8) is 0 Å². The van der Waals surface area contributed by atoms with E-state index < -0.39 is 11.9 Å². The first kappa shape index (κ1) is 25.9. The van der Waals surface area contributed by atoms with Crippen molar-refractivity contribution < 1.29 is 18.7 Å². The Kier molecular flexibility index (Phi) is 8.50. The maximum atomic E-state index is 13.5. The van der Waals surface area contributed by atoms with Crippen molar-refractivity contribution >= 4 is 35.0 Å². The molecule has 0 unspecified atom stereocenters. The first-order chi connectivity index (χ1) is 17.9. The van der Waals surface area contributed by atoms with E-state index in [0.29, 0.717) is 27.9 Å². The zero-order chi connectivity index (χ0) is 26.2. The second kappa shape index (κ2) is 12.2. The van der Waals surface area contributed by atoms with Gasteiger partial charge in [0, 0.05) is 36.0 Å². The average molecular weight is 522 g/mol. The Morgan fingerprint density at radius 2 is 1.76 bits per heavy atom. The Labute approximate surface area is 218 Å². The number of carbonyl (C=O) groups is 2. The number of hydrogen-bond acceptors (Lipinski definition) is 4. The number of amides is 3. The zero-order valence-corrected chi connectivity index (χ0v) is 20.8. The first-order valence-corrected chi connectivity index (χ1v) is 11.8. The first-order valence-electron chi connectivity index (χ1n) is 11.4. The van der Waals surface area contributed by atoms with Gasteiger partial charge in [-0.05, 0) is 42.5 Å². The van der Waals surface area contributed by atoms with Crippen LogP contribution < -0.4 is 10.6 Å². The van der Waals surface area contributed by atoms with Crippen molar-refractivity contribution in [3.05, 3.63) is 95.8 Å². The predicted octanol–water partition coefficient (Wildman–Crippen LogP) is 5.45. The summed E-state index contributed by atoms with van der Waals surface area (Å²) in [6.07, 6.45) is 0. The Bertz CT molecular complexity index is 1360. The van der Waals surface area contributed by atoms with Crippen molar-refractivity contribution in [1.82, 2.24) is 14.7 Å². The standard InChI is InChI=1S/C27H25ClFN5O3/c1-37-15-14-33(27(36)30-22-9-5-8-20(28)16-22)18-26(35)31-25-17-24(19-6-3-2-4-7-19)32-34(25)23-12-10-21(29)11-13-23/h2-13,16-17H,14-15,18H2,1H3,(H,30,36)(H,31,35). The Balaban J connectivity index is 1.55. The van der Waals surface area contributed by atoms with E-state index >= 15 is 0 Å². The van der Waals surface area contributed by atoms with Crippen LogP contribution in [0.3, 0.4) is 0 Å². The number of urea groups is 1. The summed E-state index contributed by atoms with van der Waals surface area (Å²) in [6.45, 7) is 0.176. The highest BCUT2D eigenvalue weighted by Gasteiger charge is 2.20. The summed E-state index contributed by atoms with van der Waals surface area (Å²) in [5.74, 6) is -0.457. The lowest BCUT2D eigenvalue weighted by Gasteiger charge is -2.22. The molecule has 10 heteroatoms. The summed E-state index contributed by atoms with van der Waals surface area (Å²) in [7, 11) is 1.51. The van der Waals surface area contributed by atoms with Crippen molar-refractivity contribution in [3.8, 4) is 16.9 Å². The molecule has 37 heavy (non-hydrogen) atoms. The number of benzene rings is 3. The van der Waals surface area contributed by atoms with Crippen LogP contribution in [0.5, 0.6) is 0 Å². The minimum atomic E-state index is -0.480. The Morgan fingerprint density at radius 3 is 2.46 bits per heavy atom. The quantitative estimate of drug-likeness (QED) is 0.306. The fourth-order valence-corrected chi connectivity index (χ4v) is 3.77. The molecule has 0 saturated carbocycles. The molecular weight excluding hydrogens is 497 g/mol. The number of rotatable bonds is 9. The van der Waals surface area contributed by atoms with Crippen molar-refractivity contribution in [1.29, 1.82) is 0 Å². The third kappa shape index (κ3) is 6.93. The summed E-state index contributed by atoms with van der Waals surface area (Å²) < 4.78 is 20.2. The van der Waals surface area contributed by atoms with Crippen LogP contribution in [0.2, 0.25) is 5.02 Å². The maximum Gasteiger partial charge on any atom is 0.322 e. The predicted molar refractivity (Wildman–Crippen MR) is 142 cm³/mol. The number of nitrogens with one attached hydrogen (secondary N) is 2. The van der Waals surface area contributed by atoms with Gasteiger partial charge in [0.1, 0.15) is 18.2 Å². The lowest BCUT2D eigenvalue weighted by molar-refractivity contribution is -0.116. The average Bonchev–Trinajstić information content (AvgIpc) is 3.31. The molecule has 3 amide bonds. The molecule has 0 bridgehead atoms. The highest BCUT2D eigenvalue weighted by atomic mass is 35.5. The molecule has 0 saturated heterocycles. The second-order valence-corrected chi connectivity index (χ2v) is 8.51. The van der Waals surface area contributed by atoms with Crippen LogP contribution in [-0.4, -0.2) is 53.4 Å². The van der Waals surface area contributed by atoms with E-state index in [-0.39, 0.29) is 25.5 Å². The fourth-order valence-electron chi connectivity index (χ4n) is 3.58. The highest BCUT2D eigenvalue weighted by Crippen LogP contribution is 2.25. The van der Waals surface area contributed by atoms with Crippen molar-refractivity contribution in [2.45, 2.75) is 0 Å². The topological polar surface area (TPSA) is 88.5 Å². The summed E-state index contributed by atoms with van der Waals surface area (Å²) in [5.41, 5.74) is 2.53. The SMILES string of the molecule is COCCN(CC(=O)Nc1cc(-c2ccccc2)nn1-c1ccc(F)cc1)C(=O)Nc1cccc(Cl)c1. The molecule has 3 aromatic carbocycles. The summed E-state index contributed by atoms with van der Waals surface area (Å²) in [6, 6.07) is 23.2. The van der Waals surface area contributed by atoms with E-state index in [2.05, 4.69) is 15.7 Å². The molecule has 0 fully saturated rings. The van der Waals surface area contributed by atoms with Gasteiger partial charge in [-0.15, -0.1) is 0 Å². The van der Waals surface area contributed by atoms with Gasteiger partial charge in [0.25, 0.3) is 0 Å². The van der Waals surface area contributed by atoms with Crippen LogP contribution in [-0.2, 0) is 9.53 Å². The molecular formula is C27H25ClFN5O3. The van der Waals surface area contributed by atoms with Gasteiger partial charge in [0.15, 0.2) is 0 Å². The molecule has 4 rings (SSSR count). The lowest BCUT2D eigenvalue weighted by Crippen LogP contribution is -2.42. The van der Waals surface area contributed by atoms with Crippen LogP contribution in [0.1, 0.15) is 0 Å². The van der Waals surface area contributed by atoms with Crippen LogP contribution in [0.4, 0.5) is 20.7 Å². The lowest BCUT2D eigenvalue weighted by atomic mass is 10.1. The third-order valence-corrected chi connectivity index (χ3v) is 5.62. The summed E-state index contributed by atoms with van der Waals surface area (Å²) >= 11 is 6.01. The van der Waals surface area contributed by atoms with E-state index in [9.17, 15) is 14.0 Å². The maximum absolute atomic E-state index is 13.5. The molecule has 0 radical (unpaired) electrons. The molecule has 2 N–H and O–H groups in total. The molecule has 0 aliphatic carbocycles. The van der Waals surface area contributed by atoms with Gasteiger partial charge in [-0.1, -0.05) is 48.0 Å². The van der Waals surface area contributed by atoms with Gasteiger partial charge < -0.3 is 20.3 Å². The number of methoxy groups -OCH3 is 1. The number of nitrogens with zero attached hydrogens (tertiary/aromatic N) is 3. The monoisotopic (exact) mass is 521 g/mol. The van der Waals surface area contributed by atoms with Gasteiger partial charge in [-0.3, -0.25) is 4.79 Å².